The van der Waals surface area contributed by atoms with Crippen LogP contribution in [0.5, 0.6) is 0 Å². The summed E-state index contributed by atoms with van der Waals surface area (Å²) < 4.78 is 0. The number of aryl methyl sites for hydroxylation is 1. The van der Waals surface area contributed by atoms with E-state index < -0.39 is 0 Å². The Morgan fingerprint density at radius 3 is 2.54 bits per heavy atom. The van der Waals surface area contributed by atoms with Gasteiger partial charge >= 0.3 is 0 Å². The van der Waals surface area contributed by atoms with Gasteiger partial charge in [0.1, 0.15) is 0 Å². The van der Waals surface area contributed by atoms with Gasteiger partial charge in [-0.1, -0.05) is 47.5 Å². The van der Waals surface area contributed by atoms with Crippen LogP contribution in [0.1, 0.15) is 18.9 Å². The number of nitrogens with zero attached hydrogens (tertiary/aromatic N) is 1. The molecule has 0 radical (unpaired) electrons. The van der Waals surface area contributed by atoms with E-state index in [-0.39, 0.29) is 24.4 Å². The van der Waals surface area contributed by atoms with E-state index in [2.05, 4.69) is 11.4 Å². The summed E-state index contributed by atoms with van der Waals surface area (Å²) in [5.41, 5.74) is 2.57. The summed E-state index contributed by atoms with van der Waals surface area (Å²) in [5.74, 6) is -0.223. The fourth-order valence-electron chi connectivity index (χ4n) is 3.41. The van der Waals surface area contributed by atoms with Crippen LogP contribution < -0.4 is 15.1 Å². The molecule has 148 valence electrons. The van der Waals surface area contributed by atoms with E-state index in [4.69, 9.17) is 23.2 Å². The lowest BCUT2D eigenvalue weighted by atomic mass is 10.0. The number of halogens is 2. The van der Waals surface area contributed by atoms with E-state index in [1.807, 2.05) is 37.1 Å². The van der Waals surface area contributed by atoms with Gasteiger partial charge in [0.25, 0.3) is 11.8 Å². The molecule has 2 aromatic carbocycles. The summed E-state index contributed by atoms with van der Waals surface area (Å²) in [6.45, 7) is 2.68. The summed E-state index contributed by atoms with van der Waals surface area (Å²) in [6.07, 6.45) is 1.93. The van der Waals surface area contributed by atoms with Crippen LogP contribution in [-0.4, -0.2) is 38.0 Å². The topological polar surface area (TPSA) is 53.9 Å². The summed E-state index contributed by atoms with van der Waals surface area (Å²) in [6, 6.07) is 12.7. The first kappa shape index (κ1) is 20.6. The summed E-state index contributed by atoms with van der Waals surface area (Å²) in [5, 5.41) is 3.51. The molecule has 2 amide bonds. The molecule has 0 saturated heterocycles. The Morgan fingerprint density at radius 1 is 1.14 bits per heavy atom. The van der Waals surface area contributed by atoms with Crippen molar-refractivity contribution in [1.82, 2.24) is 0 Å². The molecule has 7 heteroatoms. The summed E-state index contributed by atoms with van der Waals surface area (Å²) in [4.78, 5) is 28.2. The van der Waals surface area contributed by atoms with Crippen LogP contribution in [0.25, 0.3) is 0 Å². The van der Waals surface area contributed by atoms with E-state index in [9.17, 15) is 9.59 Å². The number of hydrogen-bond acceptors (Lipinski definition) is 2. The minimum absolute atomic E-state index is 0.0215. The number of anilines is 2. The van der Waals surface area contributed by atoms with Crippen molar-refractivity contribution < 1.29 is 14.5 Å². The quantitative estimate of drug-likeness (QED) is 0.780. The number of rotatable bonds is 5. The van der Waals surface area contributed by atoms with Crippen molar-refractivity contribution in [3.05, 3.63) is 58.1 Å². The molecule has 5 nitrogen and oxygen atoms in total. The minimum Gasteiger partial charge on any atom is -0.320 e. The number of para-hydroxylation sites is 2. The molecule has 1 unspecified atom stereocenters. The SMILES string of the molecule is C[C@@H](C(=O)N1CCCc2ccccc21)[NH+](C)CC(=O)Nc1c(Cl)cccc1Cl. The van der Waals surface area contributed by atoms with Crippen molar-refractivity contribution in [3.63, 3.8) is 0 Å². The fourth-order valence-corrected chi connectivity index (χ4v) is 3.91. The monoisotopic (exact) mass is 420 g/mol. The van der Waals surface area contributed by atoms with Crippen molar-refractivity contribution in [2.75, 3.05) is 30.4 Å². The second kappa shape index (κ2) is 8.95. The Balaban J connectivity index is 1.65. The third kappa shape index (κ3) is 4.49. The lowest BCUT2D eigenvalue weighted by Crippen LogP contribution is -3.15. The number of hydrogen-bond donors (Lipinski definition) is 2. The van der Waals surface area contributed by atoms with Gasteiger partial charge in [0.2, 0.25) is 0 Å². The van der Waals surface area contributed by atoms with E-state index in [0.717, 1.165) is 23.4 Å². The lowest BCUT2D eigenvalue weighted by Gasteiger charge is -2.32. The van der Waals surface area contributed by atoms with E-state index in [1.54, 1.807) is 18.2 Å². The number of carbonyl (C=O) groups is 2. The first-order chi connectivity index (χ1) is 13.4. The fraction of sp³-hybridized carbons (Fsp3) is 0.333. The zero-order valence-corrected chi connectivity index (χ0v) is 17.5. The van der Waals surface area contributed by atoms with E-state index in [1.165, 1.54) is 5.56 Å². The molecule has 1 aliphatic rings. The van der Waals surface area contributed by atoms with Gasteiger partial charge in [0, 0.05) is 12.2 Å². The predicted octanol–water partition coefficient (Wildman–Crippen LogP) is 2.81. The molecular weight excluding hydrogens is 397 g/mol. The van der Waals surface area contributed by atoms with Crippen LogP contribution in [-0.2, 0) is 16.0 Å². The van der Waals surface area contributed by atoms with Gasteiger partial charge in [-0.05, 0) is 43.5 Å². The van der Waals surface area contributed by atoms with E-state index >= 15 is 0 Å². The third-order valence-electron chi connectivity index (χ3n) is 5.15. The molecule has 2 atom stereocenters. The van der Waals surface area contributed by atoms with E-state index in [0.29, 0.717) is 22.3 Å². The Kier molecular flexibility index (Phi) is 6.60. The number of benzene rings is 2. The Morgan fingerprint density at radius 2 is 1.82 bits per heavy atom. The summed E-state index contributed by atoms with van der Waals surface area (Å²) >= 11 is 12.2. The minimum atomic E-state index is -0.362. The Labute approximate surface area is 175 Å². The molecule has 1 heterocycles. The average Bonchev–Trinajstić information content (AvgIpc) is 2.69. The predicted molar refractivity (Wildman–Crippen MR) is 113 cm³/mol. The van der Waals surface area contributed by atoms with Crippen LogP contribution in [0.4, 0.5) is 11.4 Å². The van der Waals surface area contributed by atoms with Gasteiger partial charge in [0.15, 0.2) is 12.6 Å². The molecule has 0 fully saturated rings. The van der Waals surface area contributed by atoms with Crippen LogP contribution in [0.3, 0.4) is 0 Å². The number of quaternary nitrogens is 1. The van der Waals surface area contributed by atoms with Crippen molar-refractivity contribution in [2.24, 2.45) is 0 Å². The summed E-state index contributed by atoms with van der Waals surface area (Å²) in [7, 11) is 1.84. The number of likely N-dealkylation sites (N-methyl/N-ethyl adjacent to an activating group) is 1. The molecule has 3 rings (SSSR count). The third-order valence-corrected chi connectivity index (χ3v) is 5.78. The average molecular weight is 421 g/mol. The highest BCUT2D eigenvalue weighted by molar-refractivity contribution is 6.39. The normalized spacial score (nSPS) is 15.5. The second-order valence-corrected chi connectivity index (χ2v) is 7.93. The number of amides is 2. The van der Waals surface area contributed by atoms with Gasteiger partial charge in [-0.3, -0.25) is 9.59 Å². The zero-order chi connectivity index (χ0) is 20.3. The van der Waals surface area contributed by atoms with Crippen molar-refractivity contribution >= 4 is 46.4 Å². The number of nitrogens with one attached hydrogen (secondary N) is 2. The Bertz CT molecular complexity index is 867. The second-order valence-electron chi connectivity index (χ2n) is 7.11. The number of fused-ring (bicyclic) bond motifs is 1. The molecule has 2 aromatic rings. The highest BCUT2D eigenvalue weighted by atomic mass is 35.5. The first-order valence-corrected chi connectivity index (χ1v) is 10.1. The standard InChI is InChI=1S/C21H23Cl2N3O2/c1-14(21(28)26-12-6-8-15-7-3-4-11-18(15)26)25(2)13-19(27)24-20-16(22)9-5-10-17(20)23/h3-5,7,9-11,14H,6,8,12-13H2,1-2H3,(H,24,27)/p+1/t14-/m0/s1. The maximum Gasteiger partial charge on any atom is 0.284 e. The smallest absolute Gasteiger partial charge is 0.284 e. The van der Waals surface area contributed by atoms with Gasteiger partial charge in [-0.15, -0.1) is 0 Å². The largest absolute Gasteiger partial charge is 0.320 e. The molecule has 0 spiro atoms. The molecule has 0 saturated carbocycles. The van der Waals surface area contributed by atoms with Crippen LogP contribution >= 0.6 is 23.2 Å². The molecule has 28 heavy (non-hydrogen) atoms. The van der Waals surface area contributed by atoms with Gasteiger partial charge < -0.3 is 15.1 Å². The van der Waals surface area contributed by atoms with Gasteiger partial charge in [0.05, 0.1) is 22.8 Å². The first-order valence-electron chi connectivity index (χ1n) is 9.34. The van der Waals surface area contributed by atoms with Crippen LogP contribution in [0, 0.1) is 0 Å². The number of carbonyl (C=O) groups excluding carboxylic acids is 2. The van der Waals surface area contributed by atoms with Crippen molar-refractivity contribution in [3.8, 4) is 0 Å². The molecule has 0 aromatic heterocycles. The van der Waals surface area contributed by atoms with Gasteiger partial charge in [-0.25, -0.2) is 0 Å². The maximum atomic E-state index is 13.1. The zero-order valence-electron chi connectivity index (χ0n) is 16.0. The van der Waals surface area contributed by atoms with Crippen LogP contribution in [0.15, 0.2) is 42.5 Å². The highest BCUT2D eigenvalue weighted by Crippen LogP contribution is 2.29. The highest BCUT2D eigenvalue weighted by Gasteiger charge is 2.31. The Hall–Kier alpha value is -2.08. The molecule has 1 aliphatic heterocycles. The maximum absolute atomic E-state index is 13.1. The van der Waals surface area contributed by atoms with Gasteiger partial charge in [-0.2, -0.15) is 0 Å². The van der Waals surface area contributed by atoms with Crippen molar-refractivity contribution in [1.29, 1.82) is 0 Å². The molecular formula is C21H24Cl2N3O2+. The van der Waals surface area contributed by atoms with Crippen molar-refractivity contribution in [2.45, 2.75) is 25.8 Å². The molecule has 2 N–H and O–H groups in total. The lowest BCUT2D eigenvalue weighted by molar-refractivity contribution is -0.885. The molecule has 0 bridgehead atoms. The molecule has 0 aliphatic carbocycles. The van der Waals surface area contributed by atoms with Crippen LogP contribution in [0.2, 0.25) is 10.0 Å².